The zero-order valence-corrected chi connectivity index (χ0v) is 24.0. The lowest BCUT2D eigenvalue weighted by molar-refractivity contribution is -0.115. The SMILES string of the molecule is CN(C)CC[C@@H](NC(=O)C1=Nc2cc3c(nc2C1)CC[C@H](C(C)(C)C)C3)c1cccc(C(=O)N2CC(N)C2)c1. The van der Waals surface area contributed by atoms with Gasteiger partial charge in [-0.05, 0) is 87.0 Å². The standard InChI is InChI=1S/C31H42N6O2/c1-31(2,3)22-9-10-24-21(14-22)15-26-27(33-24)16-28(34-26)29(38)35-25(11-12-36(4)5)19-7-6-8-20(13-19)30(39)37-17-23(32)18-37/h6-8,13,15,22-23,25H,9-12,14,16-18,32H2,1-5H3,(H,35,38)/t22-,25+/m0/s1. The molecule has 2 amide bonds. The van der Waals surface area contributed by atoms with Crippen molar-refractivity contribution in [2.24, 2.45) is 22.1 Å². The lowest BCUT2D eigenvalue weighted by atomic mass is 9.71. The lowest BCUT2D eigenvalue weighted by Crippen LogP contribution is -2.57. The number of hydrogen-bond donors (Lipinski definition) is 2. The largest absolute Gasteiger partial charge is 0.344 e. The van der Waals surface area contributed by atoms with E-state index in [-0.39, 0.29) is 29.3 Å². The third-order valence-corrected chi connectivity index (χ3v) is 8.42. The van der Waals surface area contributed by atoms with E-state index in [1.807, 2.05) is 38.4 Å². The van der Waals surface area contributed by atoms with Crippen LogP contribution in [-0.4, -0.2) is 72.1 Å². The van der Waals surface area contributed by atoms with Crippen LogP contribution in [0.15, 0.2) is 35.3 Å². The molecule has 8 nitrogen and oxygen atoms in total. The quantitative estimate of drug-likeness (QED) is 0.571. The molecule has 3 aliphatic rings. The molecule has 0 unspecified atom stereocenters. The third-order valence-electron chi connectivity index (χ3n) is 8.42. The molecule has 8 heteroatoms. The van der Waals surface area contributed by atoms with Crippen LogP contribution in [0.25, 0.3) is 0 Å². The number of carbonyl (C=O) groups is 2. The monoisotopic (exact) mass is 530 g/mol. The Morgan fingerprint density at radius 1 is 1.18 bits per heavy atom. The van der Waals surface area contributed by atoms with Crippen LogP contribution >= 0.6 is 0 Å². The van der Waals surface area contributed by atoms with Crippen LogP contribution in [0.5, 0.6) is 0 Å². The van der Waals surface area contributed by atoms with Crippen LogP contribution in [0.1, 0.15) is 72.5 Å². The Kier molecular flexibility index (Phi) is 7.62. The average molecular weight is 531 g/mol. The van der Waals surface area contributed by atoms with Crippen molar-refractivity contribution in [2.45, 2.75) is 65.0 Å². The van der Waals surface area contributed by atoms with Gasteiger partial charge in [0.1, 0.15) is 5.71 Å². The molecule has 2 aliphatic heterocycles. The topological polar surface area (TPSA) is 104 Å². The van der Waals surface area contributed by atoms with Crippen LogP contribution in [-0.2, 0) is 24.1 Å². The van der Waals surface area contributed by atoms with Gasteiger partial charge in [-0.15, -0.1) is 0 Å². The summed E-state index contributed by atoms with van der Waals surface area (Å²) < 4.78 is 0. The predicted octanol–water partition coefficient (Wildman–Crippen LogP) is 3.45. The van der Waals surface area contributed by atoms with Crippen LogP contribution < -0.4 is 11.1 Å². The number of fused-ring (bicyclic) bond motifs is 2. The second kappa shape index (κ2) is 10.8. The Morgan fingerprint density at radius 2 is 1.95 bits per heavy atom. The maximum Gasteiger partial charge on any atom is 0.266 e. The number of aliphatic imine (C=N–C) groups is 1. The maximum absolute atomic E-state index is 13.5. The molecule has 39 heavy (non-hydrogen) atoms. The molecule has 2 aromatic rings. The highest BCUT2D eigenvalue weighted by molar-refractivity contribution is 6.40. The minimum absolute atomic E-state index is 0.0180. The van der Waals surface area contributed by atoms with Crippen LogP contribution in [0.2, 0.25) is 0 Å². The van der Waals surface area contributed by atoms with E-state index in [4.69, 9.17) is 15.7 Å². The number of hydrogen-bond acceptors (Lipinski definition) is 6. The molecule has 208 valence electrons. The van der Waals surface area contributed by atoms with Crippen molar-refractivity contribution in [3.05, 3.63) is 58.4 Å². The van der Waals surface area contributed by atoms with Gasteiger partial charge in [0.25, 0.3) is 11.8 Å². The fraction of sp³-hybridized carbons (Fsp3) is 0.548. The zero-order valence-electron chi connectivity index (χ0n) is 24.0. The highest BCUT2D eigenvalue weighted by Gasteiger charge is 2.32. The third kappa shape index (κ3) is 6.07. The number of pyridine rings is 1. The second-order valence-corrected chi connectivity index (χ2v) is 12.8. The van der Waals surface area contributed by atoms with Gasteiger partial charge in [-0.25, -0.2) is 4.99 Å². The van der Waals surface area contributed by atoms with E-state index in [2.05, 4.69) is 37.1 Å². The fourth-order valence-corrected chi connectivity index (χ4v) is 5.84. The fourth-order valence-electron chi connectivity index (χ4n) is 5.84. The zero-order chi connectivity index (χ0) is 27.9. The number of nitrogens with two attached hydrogens (primary N) is 1. The Balaban J connectivity index is 1.32. The first-order chi connectivity index (χ1) is 18.5. The number of aromatic nitrogens is 1. The molecule has 0 bridgehead atoms. The molecule has 1 fully saturated rings. The average Bonchev–Trinajstić information content (AvgIpc) is 3.29. The minimum Gasteiger partial charge on any atom is -0.344 e. The molecule has 1 aromatic carbocycles. The van der Waals surface area contributed by atoms with Crippen LogP contribution in [0, 0.1) is 11.3 Å². The summed E-state index contributed by atoms with van der Waals surface area (Å²) >= 11 is 0. The van der Waals surface area contributed by atoms with E-state index in [0.29, 0.717) is 43.1 Å². The number of benzene rings is 1. The second-order valence-electron chi connectivity index (χ2n) is 12.8. The van der Waals surface area contributed by atoms with Gasteiger partial charge in [-0.3, -0.25) is 14.6 Å². The van der Waals surface area contributed by atoms with Gasteiger partial charge in [-0.1, -0.05) is 32.9 Å². The Bertz CT molecular complexity index is 1290. The van der Waals surface area contributed by atoms with Crippen molar-refractivity contribution in [3.63, 3.8) is 0 Å². The molecule has 3 heterocycles. The highest BCUT2D eigenvalue weighted by Crippen LogP contribution is 2.39. The summed E-state index contributed by atoms with van der Waals surface area (Å²) in [5, 5.41) is 3.22. The number of amides is 2. The molecule has 0 spiro atoms. The van der Waals surface area contributed by atoms with E-state index in [9.17, 15) is 9.59 Å². The Labute approximate surface area is 232 Å². The van der Waals surface area contributed by atoms with Crippen molar-refractivity contribution < 1.29 is 9.59 Å². The number of nitrogens with one attached hydrogen (secondary N) is 1. The number of nitrogens with zero attached hydrogens (tertiary/aromatic N) is 4. The molecule has 0 saturated carbocycles. The molecule has 2 atom stereocenters. The van der Waals surface area contributed by atoms with Gasteiger partial charge in [0.2, 0.25) is 0 Å². The van der Waals surface area contributed by atoms with Crippen molar-refractivity contribution in [2.75, 3.05) is 33.7 Å². The van der Waals surface area contributed by atoms with E-state index >= 15 is 0 Å². The highest BCUT2D eigenvalue weighted by atomic mass is 16.2. The van der Waals surface area contributed by atoms with Gasteiger partial charge in [-0.2, -0.15) is 0 Å². The summed E-state index contributed by atoms with van der Waals surface area (Å²) in [6.07, 6.45) is 4.31. The van der Waals surface area contributed by atoms with E-state index < -0.39 is 0 Å². The van der Waals surface area contributed by atoms with E-state index in [1.165, 1.54) is 11.3 Å². The summed E-state index contributed by atoms with van der Waals surface area (Å²) in [6.45, 7) is 8.88. The summed E-state index contributed by atoms with van der Waals surface area (Å²) in [5.41, 5.74) is 12.4. The summed E-state index contributed by atoms with van der Waals surface area (Å²) in [7, 11) is 4.03. The molecular weight excluding hydrogens is 488 g/mol. The van der Waals surface area contributed by atoms with Gasteiger partial charge >= 0.3 is 0 Å². The number of aryl methyl sites for hydroxylation is 1. The summed E-state index contributed by atoms with van der Waals surface area (Å²) in [6, 6.07) is 9.57. The van der Waals surface area contributed by atoms with E-state index in [0.717, 1.165) is 42.8 Å². The normalized spacial score (nSPS) is 19.7. The molecule has 1 aromatic heterocycles. The van der Waals surface area contributed by atoms with E-state index in [1.54, 1.807) is 4.90 Å². The van der Waals surface area contributed by atoms with Gasteiger partial charge in [0.05, 0.1) is 17.4 Å². The molecule has 3 N–H and O–H groups in total. The summed E-state index contributed by atoms with van der Waals surface area (Å²) in [4.78, 5) is 40.0. The first kappa shape index (κ1) is 27.5. The number of rotatable bonds is 7. The maximum atomic E-state index is 13.5. The van der Waals surface area contributed by atoms with Crippen LogP contribution in [0.4, 0.5) is 5.69 Å². The molecule has 1 aliphatic carbocycles. The van der Waals surface area contributed by atoms with Crippen molar-refractivity contribution >= 4 is 23.2 Å². The Morgan fingerprint density at radius 3 is 2.64 bits per heavy atom. The lowest BCUT2D eigenvalue weighted by Gasteiger charge is -2.37. The van der Waals surface area contributed by atoms with Gasteiger partial charge in [0, 0.05) is 36.8 Å². The number of carbonyl (C=O) groups excluding carboxylic acids is 2. The van der Waals surface area contributed by atoms with Gasteiger partial charge in [0.15, 0.2) is 0 Å². The molecular formula is C31H42N6O2. The molecule has 0 radical (unpaired) electrons. The van der Waals surface area contributed by atoms with Gasteiger partial charge < -0.3 is 20.9 Å². The summed E-state index contributed by atoms with van der Waals surface area (Å²) in [5.74, 6) is 0.430. The Hall–Kier alpha value is -3.10. The first-order valence-electron chi connectivity index (χ1n) is 14.2. The van der Waals surface area contributed by atoms with Crippen molar-refractivity contribution in [1.82, 2.24) is 20.1 Å². The molecule has 5 rings (SSSR count). The van der Waals surface area contributed by atoms with Crippen molar-refractivity contribution in [1.29, 1.82) is 0 Å². The first-order valence-corrected chi connectivity index (χ1v) is 14.2. The van der Waals surface area contributed by atoms with Crippen molar-refractivity contribution in [3.8, 4) is 0 Å². The predicted molar refractivity (Wildman–Crippen MR) is 154 cm³/mol. The molecule has 1 saturated heterocycles. The smallest absolute Gasteiger partial charge is 0.266 e. The number of likely N-dealkylation sites (tertiary alicyclic amines) is 1. The van der Waals surface area contributed by atoms with Crippen LogP contribution in [0.3, 0.4) is 0 Å². The minimum atomic E-state index is -0.244.